The first-order valence-electron chi connectivity index (χ1n) is 22.7. The molecule has 1 amide bonds. The number of aryl methyl sites for hydroxylation is 1. The van der Waals surface area contributed by atoms with Crippen LogP contribution in [-0.4, -0.2) is 92.8 Å². The van der Waals surface area contributed by atoms with Crippen LogP contribution in [0.15, 0.2) is 138 Å². The van der Waals surface area contributed by atoms with Crippen LogP contribution in [0.3, 0.4) is 0 Å². The van der Waals surface area contributed by atoms with E-state index in [2.05, 4.69) is 25.3 Å². The van der Waals surface area contributed by atoms with Crippen molar-refractivity contribution in [2.75, 3.05) is 32.8 Å². The Morgan fingerprint density at radius 3 is 2.01 bits per heavy atom. The van der Waals surface area contributed by atoms with Crippen LogP contribution in [0.25, 0.3) is 11.2 Å². The minimum atomic E-state index is -3.65. The molecular weight excluding hydrogens is 986 g/mol. The Balaban J connectivity index is 1.04. The Morgan fingerprint density at radius 1 is 0.806 bits per heavy atom. The first-order valence-corrected chi connectivity index (χ1v) is 26.4. The number of carbonyl (C=O) groups excluding carboxylic acids is 2. The zero-order valence-electron chi connectivity index (χ0n) is 39.3. The maximum absolute atomic E-state index is 13.2. The molecule has 0 aliphatic carbocycles. The summed E-state index contributed by atoms with van der Waals surface area (Å²) < 4.78 is 52.9. The standard InChI is InChI=1S/C50H50N7O12PS2/c1-30-25-56(49(61)55-47(30)59)42-23-38(66-31(2)58)41(68-42)27-65-70(71,72)69-39-24-43(57-29-53-44-45(51-28-52-46(44)57)54-48(60)32-11-7-5-8-12-32)67-40(39)26-64-50(33-13-9-6-10-14-33,34-15-19-36(62-3)20-16-34)35-17-21-37(63-4)22-18-35/h5-22,25,28-29,38-43H,23-24,26-27H2,1-4H3,(H,71,72)(H,55,59,61)(H,51,52,54,60)/p-1/t38-,39-,40+,41+,42+,43+/m0/s1. The summed E-state index contributed by atoms with van der Waals surface area (Å²) in [6.45, 7) is 2.46. The van der Waals surface area contributed by atoms with Crippen LogP contribution in [0.2, 0.25) is 0 Å². The Bertz CT molecular complexity index is 3170. The molecule has 3 aromatic heterocycles. The summed E-state index contributed by atoms with van der Waals surface area (Å²) in [7, 11) is 3.20. The third kappa shape index (κ3) is 10.8. The molecule has 7 atom stereocenters. The van der Waals surface area contributed by atoms with Crippen molar-refractivity contribution in [2.45, 2.75) is 69.2 Å². The van der Waals surface area contributed by atoms with E-state index in [4.69, 9.17) is 61.5 Å². The fourth-order valence-corrected chi connectivity index (χ4v) is 10.8. The molecule has 374 valence electrons. The van der Waals surface area contributed by atoms with Gasteiger partial charge in [-0.3, -0.25) is 28.5 Å². The molecule has 0 saturated carbocycles. The largest absolute Gasteiger partial charge is 0.691 e. The number of methoxy groups -OCH3 is 2. The number of H-pyrrole nitrogens is 1. The molecule has 72 heavy (non-hydrogen) atoms. The lowest BCUT2D eigenvalue weighted by atomic mass is 9.80. The number of aromatic amines is 1. The summed E-state index contributed by atoms with van der Waals surface area (Å²) in [6, 6.07) is 33.7. The van der Waals surface area contributed by atoms with Gasteiger partial charge in [0.2, 0.25) is 0 Å². The fraction of sp³-hybridized carbons (Fsp3) is 0.300. The smallest absolute Gasteiger partial charge is 0.330 e. The van der Waals surface area contributed by atoms with Gasteiger partial charge in [0.05, 0.1) is 45.6 Å². The monoisotopic (exact) mass is 1030 g/mol. The Kier molecular flexibility index (Phi) is 15.2. The number of aromatic nitrogens is 6. The van der Waals surface area contributed by atoms with Gasteiger partial charge in [-0.1, -0.05) is 84.6 Å². The second-order valence-corrected chi connectivity index (χ2v) is 21.9. The fourth-order valence-electron chi connectivity index (χ4n) is 8.86. The Labute approximate surface area is 423 Å². The maximum Gasteiger partial charge on any atom is 0.330 e. The first kappa shape index (κ1) is 50.4. The number of amides is 1. The summed E-state index contributed by atoms with van der Waals surface area (Å²) in [6.07, 6.45) is -0.732. The number of nitrogens with zero attached hydrogens (tertiary/aromatic N) is 5. The number of hydrogen-bond donors (Lipinski definition) is 2. The molecule has 2 fully saturated rings. The predicted octanol–water partition coefficient (Wildman–Crippen LogP) is 6.64. The van der Waals surface area contributed by atoms with E-state index in [1.165, 1.54) is 24.0 Å². The average molecular weight is 1040 g/mol. The van der Waals surface area contributed by atoms with Gasteiger partial charge >= 0.3 is 11.7 Å². The molecule has 1 unspecified atom stereocenters. The maximum atomic E-state index is 13.2. The highest BCUT2D eigenvalue weighted by molar-refractivity contribution is 8.51. The van der Waals surface area contributed by atoms with Crippen LogP contribution in [0.1, 0.15) is 64.8 Å². The van der Waals surface area contributed by atoms with Crippen molar-refractivity contribution < 1.29 is 47.1 Å². The number of rotatable bonds is 18. The molecule has 0 radical (unpaired) electrons. The van der Waals surface area contributed by atoms with E-state index in [1.54, 1.807) is 56.3 Å². The molecule has 0 spiro atoms. The van der Waals surface area contributed by atoms with Gasteiger partial charge in [0.15, 0.2) is 17.0 Å². The normalized spacial score (nSPS) is 20.7. The lowest BCUT2D eigenvalue weighted by Crippen LogP contribution is -2.38. The lowest BCUT2D eigenvalue weighted by Gasteiger charge is -2.38. The van der Waals surface area contributed by atoms with Gasteiger partial charge in [-0.05, 0) is 60.0 Å². The molecular formula is C50H49N7O12PS2-. The highest BCUT2D eigenvalue weighted by Crippen LogP contribution is 2.52. The van der Waals surface area contributed by atoms with Crippen LogP contribution in [-0.2, 0) is 62.4 Å². The number of nitrogens with one attached hydrogen (secondary N) is 2. The molecule has 5 heterocycles. The second kappa shape index (κ2) is 21.7. The van der Waals surface area contributed by atoms with Crippen LogP contribution in [0.4, 0.5) is 5.82 Å². The highest BCUT2D eigenvalue weighted by Gasteiger charge is 2.45. The van der Waals surface area contributed by atoms with E-state index in [0.717, 1.165) is 16.7 Å². The summed E-state index contributed by atoms with van der Waals surface area (Å²) in [5.74, 6) is 0.545. The third-order valence-electron chi connectivity index (χ3n) is 12.4. The number of fused-ring (bicyclic) bond motifs is 1. The summed E-state index contributed by atoms with van der Waals surface area (Å²) in [5.41, 5.74) is -2.35. The molecule has 22 heteroatoms. The molecule has 19 nitrogen and oxygen atoms in total. The van der Waals surface area contributed by atoms with Crippen molar-refractivity contribution in [1.29, 1.82) is 0 Å². The van der Waals surface area contributed by atoms with Crippen LogP contribution < -0.4 is 26.0 Å². The summed E-state index contributed by atoms with van der Waals surface area (Å²) in [5, 5.41) is 2.85. The number of imidazole rings is 1. The van der Waals surface area contributed by atoms with Crippen molar-refractivity contribution in [2.24, 2.45) is 0 Å². The third-order valence-corrected chi connectivity index (χ3v) is 14.5. The average Bonchev–Trinajstić information content (AvgIpc) is 4.12. The predicted molar refractivity (Wildman–Crippen MR) is 269 cm³/mol. The first-order chi connectivity index (χ1) is 34.7. The molecule has 2 saturated heterocycles. The van der Waals surface area contributed by atoms with Gasteiger partial charge in [0, 0.05) is 37.1 Å². The minimum Gasteiger partial charge on any atom is -0.691 e. The van der Waals surface area contributed by atoms with E-state index >= 15 is 0 Å². The second-order valence-electron chi connectivity index (χ2n) is 16.9. The zero-order valence-corrected chi connectivity index (χ0v) is 41.8. The van der Waals surface area contributed by atoms with E-state index in [1.807, 2.05) is 84.9 Å². The van der Waals surface area contributed by atoms with Crippen molar-refractivity contribution in [3.8, 4) is 11.5 Å². The quantitative estimate of drug-likeness (QED) is 0.0398. The molecule has 2 aliphatic heterocycles. The topological polar surface area (TPSA) is 218 Å². The summed E-state index contributed by atoms with van der Waals surface area (Å²) >= 11 is 11.9. The Hall–Kier alpha value is -6.55. The lowest BCUT2D eigenvalue weighted by molar-refractivity contribution is -0.150. The van der Waals surface area contributed by atoms with Crippen molar-refractivity contribution in [3.63, 3.8) is 0 Å². The van der Waals surface area contributed by atoms with Gasteiger partial charge in [0.1, 0.15) is 54.2 Å². The van der Waals surface area contributed by atoms with Gasteiger partial charge in [-0.15, -0.1) is 0 Å². The number of carbonyl (C=O) groups is 2. The van der Waals surface area contributed by atoms with Crippen molar-refractivity contribution in [3.05, 3.63) is 177 Å². The number of benzene rings is 4. The molecule has 4 aromatic carbocycles. The Morgan fingerprint density at radius 2 is 1.39 bits per heavy atom. The SMILES string of the molecule is COc1ccc(C(OC[C@H]2O[C@@H](n3cnc4c(NC(=O)c5ccccc5)ncnc43)C[C@@H]2OP(=S)([S-])OC[C@H]2O[C@@H](n3cc(C)c(=O)[nH]c3=O)C[C@@H]2OC(C)=O)(c2ccccc2)c2ccc(OC)cc2)cc1. The summed E-state index contributed by atoms with van der Waals surface area (Å²) in [4.78, 5) is 66.2. The van der Waals surface area contributed by atoms with Crippen molar-refractivity contribution in [1.82, 2.24) is 29.1 Å². The van der Waals surface area contributed by atoms with E-state index in [0.29, 0.717) is 28.2 Å². The highest BCUT2D eigenvalue weighted by atomic mass is 32.9. The number of anilines is 1. The van der Waals surface area contributed by atoms with Crippen LogP contribution in [0, 0.1) is 6.92 Å². The van der Waals surface area contributed by atoms with E-state index in [9.17, 15) is 19.2 Å². The van der Waals surface area contributed by atoms with Gasteiger partial charge in [-0.25, -0.2) is 19.7 Å². The molecule has 0 bridgehead atoms. The van der Waals surface area contributed by atoms with E-state index in [-0.39, 0.29) is 43.3 Å². The molecule has 2 N–H and O–H groups in total. The van der Waals surface area contributed by atoms with Gasteiger partial charge in [-0.2, -0.15) is 0 Å². The van der Waals surface area contributed by atoms with Gasteiger partial charge in [0.25, 0.3) is 11.5 Å². The molecule has 7 aromatic rings. The van der Waals surface area contributed by atoms with Crippen LogP contribution in [0.5, 0.6) is 11.5 Å². The number of esters is 1. The minimum absolute atomic E-state index is 0.0728. The molecule has 2 aliphatic rings. The van der Waals surface area contributed by atoms with E-state index < -0.39 is 65.4 Å². The number of hydrogen-bond acceptors (Lipinski definition) is 17. The van der Waals surface area contributed by atoms with Crippen molar-refractivity contribution >= 4 is 58.6 Å². The van der Waals surface area contributed by atoms with Crippen LogP contribution >= 0.6 is 5.69 Å². The molecule has 9 rings (SSSR count). The zero-order chi connectivity index (χ0) is 50.6. The number of ether oxygens (including phenoxy) is 6. The van der Waals surface area contributed by atoms with Gasteiger partial charge < -0.3 is 55.0 Å².